The maximum atomic E-state index is 15.0. The van der Waals surface area contributed by atoms with E-state index in [2.05, 4.69) is 4.90 Å². The molecule has 0 spiro atoms. The topological polar surface area (TPSA) is 95.3 Å². The molecule has 0 saturated carbocycles. The molecule has 1 aromatic heterocycles. The van der Waals surface area contributed by atoms with Crippen LogP contribution < -0.4 is 14.2 Å². The number of halogens is 4. The number of methoxy groups -OCH3 is 1. The first kappa shape index (κ1) is 31.3. The third-order valence-electron chi connectivity index (χ3n) is 9.33. The van der Waals surface area contributed by atoms with Gasteiger partial charge in [-0.3, -0.25) is 4.90 Å². The van der Waals surface area contributed by atoms with Crippen LogP contribution >= 0.6 is 0 Å². The summed E-state index contributed by atoms with van der Waals surface area (Å²) >= 11 is 0. The SMILES string of the molecule is COc1cc(C(=O)O)cc2c1nc(CN1CCC(c3cccc4c3OC(C)(c3ccc(C(F)(F)F)cc3F)O4)CC1)n2CC1CCO1. The van der Waals surface area contributed by atoms with Crippen molar-refractivity contribution in [3.63, 3.8) is 0 Å². The van der Waals surface area contributed by atoms with Crippen LogP contribution in [0, 0.1) is 5.82 Å². The van der Waals surface area contributed by atoms with Crippen LogP contribution in [0.15, 0.2) is 48.5 Å². The highest BCUT2D eigenvalue weighted by Crippen LogP contribution is 2.50. The van der Waals surface area contributed by atoms with Crippen LogP contribution in [0.1, 0.15) is 65.0 Å². The molecule has 3 aromatic carbocycles. The molecule has 248 valence electrons. The Balaban J connectivity index is 1.09. The molecule has 3 aliphatic rings. The Morgan fingerprint density at radius 1 is 1.11 bits per heavy atom. The Morgan fingerprint density at radius 3 is 2.51 bits per heavy atom. The van der Waals surface area contributed by atoms with Crippen molar-refractivity contribution in [2.75, 3.05) is 26.8 Å². The summed E-state index contributed by atoms with van der Waals surface area (Å²) in [5, 5.41) is 9.69. The van der Waals surface area contributed by atoms with Crippen LogP contribution in [0.5, 0.6) is 17.2 Å². The Kier molecular flexibility index (Phi) is 7.79. The number of rotatable bonds is 8. The van der Waals surface area contributed by atoms with Crippen LogP contribution in [0.3, 0.4) is 0 Å². The number of ether oxygens (including phenoxy) is 4. The van der Waals surface area contributed by atoms with Crippen LogP contribution in [-0.4, -0.2) is 58.4 Å². The molecule has 9 nitrogen and oxygen atoms in total. The molecule has 4 aromatic rings. The number of hydrogen-bond acceptors (Lipinski definition) is 7. The fourth-order valence-corrected chi connectivity index (χ4v) is 6.72. The summed E-state index contributed by atoms with van der Waals surface area (Å²) in [6.07, 6.45) is -2.16. The minimum Gasteiger partial charge on any atom is -0.494 e. The van der Waals surface area contributed by atoms with Gasteiger partial charge in [0.05, 0.1) is 48.5 Å². The minimum atomic E-state index is -4.67. The number of alkyl halides is 3. The molecule has 0 bridgehead atoms. The van der Waals surface area contributed by atoms with Crippen molar-refractivity contribution < 1.29 is 46.4 Å². The number of carboxylic acids is 1. The molecule has 7 rings (SSSR count). The lowest BCUT2D eigenvalue weighted by atomic mass is 9.88. The number of nitrogens with zero attached hydrogens (tertiary/aromatic N) is 3. The number of fused-ring (bicyclic) bond motifs is 2. The number of carboxylic acid groups (broad SMARTS) is 1. The number of likely N-dealkylation sites (tertiary alicyclic amines) is 1. The van der Waals surface area contributed by atoms with E-state index in [-0.39, 0.29) is 23.1 Å². The molecule has 1 N–H and O–H groups in total. The summed E-state index contributed by atoms with van der Waals surface area (Å²) in [4.78, 5) is 19.0. The van der Waals surface area contributed by atoms with Crippen LogP contribution in [0.2, 0.25) is 0 Å². The van der Waals surface area contributed by atoms with Crippen LogP contribution in [-0.2, 0) is 29.8 Å². The largest absolute Gasteiger partial charge is 0.494 e. The van der Waals surface area contributed by atoms with Gasteiger partial charge in [0.25, 0.3) is 5.79 Å². The van der Waals surface area contributed by atoms with Crippen molar-refractivity contribution >= 4 is 17.0 Å². The zero-order chi connectivity index (χ0) is 33.1. The maximum absolute atomic E-state index is 15.0. The molecule has 2 atom stereocenters. The number of para-hydroxylation sites is 1. The summed E-state index contributed by atoms with van der Waals surface area (Å²) in [6.45, 7) is 4.76. The highest BCUT2D eigenvalue weighted by molar-refractivity contribution is 5.95. The number of aromatic nitrogens is 2. The number of piperidine rings is 1. The van der Waals surface area contributed by atoms with E-state index in [0.29, 0.717) is 54.0 Å². The van der Waals surface area contributed by atoms with Gasteiger partial charge in [0.15, 0.2) is 11.5 Å². The first-order chi connectivity index (χ1) is 22.4. The average Bonchev–Trinajstić information content (AvgIpc) is 3.55. The van der Waals surface area contributed by atoms with Gasteiger partial charge in [-0.2, -0.15) is 13.2 Å². The van der Waals surface area contributed by atoms with Gasteiger partial charge in [-0.1, -0.05) is 12.1 Å². The minimum absolute atomic E-state index is 0.0282. The Bertz CT molecular complexity index is 1850. The van der Waals surface area contributed by atoms with Gasteiger partial charge in [-0.05, 0) is 74.7 Å². The lowest BCUT2D eigenvalue weighted by molar-refractivity contribution is -0.138. The standard InChI is InChI=1S/C34H33F4N3O6/c1-33(24-7-6-21(16-25(24)35)34(36,37)38)46-27-5-3-4-23(31(27)47-33)19-8-11-40(12-9-19)18-29-39-30-26(41(29)17-22-10-13-45-22)14-20(32(42)43)15-28(30)44-2/h3-7,14-16,19,22H,8-13,17-18H2,1-2H3,(H,42,43). The van der Waals surface area contributed by atoms with Crippen molar-refractivity contribution in [2.24, 2.45) is 0 Å². The Labute approximate surface area is 267 Å². The van der Waals surface area contributed by atoms with Gasteiger partial charge in [-0.15, -0.1) is 0 Å². The smallest absolute Gasteiger partial charge is 0.416 e. The highest BCUT2D eigenvalue weighted by Gasteiger charge is 2.44. The quantitative estimate of drug-likeness (QED) is 0.209. The fourth-order valence-electron chi connectivity index (χ4n) is 6.72. The number of carbonyl (C=O) groups is 1. The summed E-state index contributed by atoms with van der Waals surface area (Å²) in [6, 6.07) is 10.9. The van der Waals surface area contributed by atoms with Crippen molar-refractivity contribution in [1.29, 1.82) is 0 Å². The zero-order valence-corrected chi connectivity index (χ0v) is 25.8. The first-order valence-electron chi connectivity index (χ1n) is 15.5. The van der Waals surface area contributed by atoms with Crippen molar-refractivity contribution in [2.45, 2.75) is 63.3 Å². The Hall–Kier alpha value is -4.36. The second-order valence-electron chi connectivity index (χ2n) is 12.3. The first-order valence-corrected chi connectivity index (χ1v) is 15.5. The predicted octanol–water partition coefficient (Wildman–Crippen LogP) is 6.71. The molecule has 0 amide bonds. The average molecular weight is 656 g/mol. The molecular formula is C34H33F4N3O6. The van der Waals surface area contributed by atoms with E-state index < -0.39 is 29.3 Å². The monoisotopic (exact) mass is 655 g/mol. The molecule has 2 unspecified atom stereocenters. The van der Waals surface area contributed by atoms with E-state index in [0.717, 1.165) is 55.9 Å². The van der Waals surface area contributed by atoms with Gasteiger partial charge in [0.1, 0.15) is 22.9 Å². The van der Waals surface area contributed by atoms with E-state index in [9.17, 15) is 27.5 Å². The number of imidazole rings is 1. The number of aromatic carboxylic acids is 1. The van der Waals surface area contributed by atoms with E-state index in [1.54, 1.807) is 12.1 Å². The lowest BCUT2D eigenvalue weighted by Crippen LogP contribution is -2.35. The van der Waals surface area contributed by atoms with E-state index >= 15 is 0 Å². The molecule has 4 heterocycles. The summed E-state index contributed by atoms with van der Waals surface area (Å²) in [5.41, 5.74) is 1.11. The van der Waals surface area contributed by atoms with Gasteiger partial charge in [0, 0.05) is 19.1 Å². The summed E-state index contributed by atoms with van der Waals surface area (Å²) < 4.78 is 79.9. The summed E-state index contributed by atoms with van der Waals surface area (Å²) in [5.74, 6) is -1.56. The molecular weight excluding hydrogens is 622 g/mol. The Morgan fingerprint density at radius 2 is 1.87 bits per heavy atom. The van der Waals surface area contributed by atoms with Crippen LogP contribution in [0.4, 0.5) is 17.6 Å². The second-order valence-corrected chi connectivity index (χ2v) is 12.3. The maximum Gasteiger partial charge on any atom is 0.416 e. The molecule has 0 radical (unpaired) electrons. The molecule has 13 heteroatoms. The van der Waals surface area contributed by atoms with Gasteiger partial charge < -0.3 is 28.6 Å². The molecule has 0 aliphatic carbocycles. The number of benzene rings is 3. The van der Waals surface area contributed by atoms with Gasteiger partial charge >= 0.3 is 12.1 Å². The third kappa shape index (κ3) is 5.75. The van der Waals surface area contributed by atoms with Crippen LogP contribution in [0.25, 0.3) is 11.0 Å². The van der Waals surface area contributed by atoms with Crippen molar-refractivity contribution in [1.82, 2.24) is 14.5 Å². The second kappa shape index (κ2) is 11.7. The van der Waals surface area contributed by atoms with Crippen molar-refractivity contribution in [3.05, 3.63) is 82.4 Å². The predicted molar refractivity (Wildman–Crippen MR) is 161 cm³/mol. The highest BCUT2D eigenvalue weighted by atomic mass is 19.4. The zero-order valence-electron chi connectivity index (χ0n) is 25.8. The fraction of sp³-hybridized carbons (Fsp3) is 0.412. The lowest BCUT2D eigenvalue weighted by Gasteiger charge is -2.33. The molecule has 2 saturated heterocycles. The number of hydrogen-bond donors (Lipinski definition) is 1. The van der Waals surface area contributed by atoms with E-state index in [1.165, 1.54) is 20.1 Å². The van der Waals surface area contributed by atoms with Gasteiger partial charge in [-0.25, -0.2) is 14.2 Å². The molecule has 3 aliphatic heterocycles. The van der Waals surface area contributed by atoms with E-state index in [1.807, 2.05) is 16.7 Å². The third-order valence-corrected chi connectivity index (χ3v) is 9.33. The normalized spacial score (nSPS) is 21.6. The van der Waals surface area contributed by atoms with E-state index in [4.69, 9.17) is 23.9 Å². The van der Waals surface area contributed by atoms with Gasteiger partial charge in [0.2, 0.25) is 0 Å². The van der Waals surface area contributed by atoms with Crippen molar-refractivity contribution in [3.8, 4) is 17.2 Å². The molecule has 2 fully saturated rings. The molecule has 47 heavy (non-hydrogen) atoms. The summed E-state index contributed by atoms with van der Waals surface area (Å²) in [7, 11) is 1.50.